The number of halogens is 1. The average Bonchev–Trinajstić information content (AvgIpc) is 2.68. The maximum absolute atomic E-state index is 12.9. The third-order valence-corrected chi connectivity index (χ3v) is 4.29. The molecule has 0 fully saturated rings. The van der Waals surface area contributed by atoms with Crippen molar-refractivity contribution in [2.75, 3.05) is 11.4 Å². The molecule has 3 aromatic carbocycles. The van der Waals surface area contributed by atoms with E-state index < -0.39 is 0 Å². The van der Waals surface area contributed by atoms with Crippen LogP contribution in [0.1, 0.15) is 15.9 Å². The van der Waals surface area contributed by atoms with E-state index in [1.807, 2.05) is 48.5 Å². The van der Waals surface area contributed by atoms with Crippen molar-refractivity contribution in [1.82, 2.24) is 0 Å². The fourth-order valence-electron chi connectivity index (χ4n) is 2.67. The first-order chi connectivity index (χ1) is 12.6. The molecule has 0 aliphatic heterocycles. The molecule has 0 atom stereocenters. The molecule has 0 bridgehead atoms. The standard InChI is InChI=1S/C22H18ClNO2/c23-19-11-13-20(14-12-19)24(16-21(25)18-9-5-2-6-10-18)22(26)15-17-7-3-1-4-8-17/h1-14H,15-16H2. The zero-order chi connectivity index (χ0) is 18.4. The fourth-order valence-corrected chi connectivity index (χ4v) is 2.80. The van der Waals surface area contributed by atoms with Crippen molar-refractivity contribution in [3.63, 3.8) is 0 Å². The lowest BCUT2D eigenvalue weighted by Gasteiger charge is -2.22. The lowest BCUT2D eigenvalue weighted by molar-refractivity contribution is -0.117. The second-order valence-electron chi connectivity index (χ2n) is 5.91. The second-order valence-corrected chi connectivity index (χ2v) is 6.34. The molecule has 0 radical (unpaired) electrons. The quantitative estimate of drug-likeness (QED) is 0.590. The Balaban J connectivity index is 1.85. The molecule has 0 spiro atoms. The van der Waals surface area contributed by atoms with Crippen molar-refractivity contribution in [3.8, 4) is 0 Å². The normalized spacial score (nSPS) is 10.3. The molecule has 0 N–H and O–H groups in total. The summed E-state index contributed by atoms with van der Waals surface area (Å²) in [6, 6.07) is 25.4. The topological polar surface area (TPSA) is 37.4 Å². The van der Waals surface area contributed by atoms with Crippen LogP contribution < -0.4 is 4.90 Å². The number of Topliss-reactive ketones (excluding diaryl/α,β-unsaturated/α-hetero) is 1. The Bertz CT molecular complexity index is 877. The number of benzene rings is 3. The number of carbonyl (C=O) groups is 2. The van der Waals surface area contributed by atoms with E-state index >= 15 is 0 Å². The molecular formula is C22H18ClNO2. The van der Waals surface area contributed by atoms with Crippen LogP contribution in [0, 0.1) is 0 Å². The SMILES string of the molecule is O=C(CN(C(=O)Cc1ccccc1)c1ccc(Cl)cc1)c1ccccc1. The van der Waals surface area contributed by atoms with E-state index in [4.69, 9.17) is 11.6 Å². The lowest BCUT2D eigenvalue weighted by Crippen LogP contribution is -2.36. The van der Waals surface area contributed by atoms with Crippen LogP contribution in [0.5, 0.6) is 0 Å². The summed E-state index contributed by atoms with van der Waals surface area (Å²) in [5.74, 6) is -0.246. The molecule has 0 aromatic heterocycles. The Hall–Kier alpha value is -2.91. The minimum Gasteiger partial charge on any atom is -0.304 e. The van der Waals surface area contributed by atoms with E-state index in [2.05, 4.69) is 0 Å². The number of ketones is 1. The number of anilines is 1. The highest BCUT2D eigenvalue weighted by Crippen LogP contribution is 2.20. The van der Waals surface area contributed by atoms with Crippen LogP contribution in [0.3, 0.4) is 0 Å². The summed E-state index contributed by atoms with van der Waals surface area (Å²) < 4.78 is 0. The highest BCUT2D eigenvalue weighted by atomic mass is 35.5. The minimum absolute atomic E-state index is 0.0166. The number of rotatable bonds is 6. The molecule has 130 valence electrons. The van der Waals surface area contributed by atoms with Crippen LogP contribution in [0.25, 0.3) is 0 Å². The Kier molecular flexibility index (Phi) is 5.82. The highest BCUT2D eigenvalue weighted by Gasteiger charge is 2.20. The number of nitrogens with zero attached hydrogens (tertiary/aromatic N) is 1. The zero-order valence-electron chi connectivity index (χ0n) is 14.1. The molecule has 1 amide bonds. The van der Waals surface area contributed by atoms with Gasteiger partial charge in [-0.15, -0.1) is 0 Å². The first kappa shape index (κ1) is 17.9. The van der Waals surface area contributed by atoms with Crippen molar-refractivity contribution in [1.29, 1.82) is 0 Å². The van der Waals surface area contributed by atoms with E-state index in [9.17, 15) is 9.59 Å². The first-order valence-corrected chi connectivity index (χ1v) is 8.69. The Labute approximate surface area is 157 Å². The molecule has 0 aliphatic carbocycles. The summed E-state index contributed by atoms with van der Waals surface area (Å²) >= 11 is 5.96. The average molecular weight is 364 g/mol. The molecule has 0 heterocycles. The van der Waals surface area contributed by atoms with Crippen LogP contribution in [0.2, 0.25) is 5.02 Å². The largest absolute Gasteiger partial charge is 0.304 e. The molecule has 3 nitrogen and oxygen atoms in total. The summed E-state index contributed by atoms with van der Waals surface area (Å²) in [5, 5.41) is 0.582. The van der Waals surface area contributed by atoms with Crippen LogP contribution in [0.15, 0.2) is 84.9 Å². The third-order valence-electron chi connectivity index (χ3n) is 4.04. The Morgan fingerprint density at radius 1 is 0.769 bits per heavy atom. The summed E-state index contributed by atoms with van der Waals surface area (Å²) in [6.07, 6.45) is 0.228. The van der Waals surface area contributed by atoms with E-state index in [0.717, 1.165) is 5.56 Å². The molecule has 3 aromatic rings. The predicted molar refractivity (Wildman–Crippen MR) is 105 cm³/mol. The van der Waals surface area contributed by atoms with Gasteiger partial charge in [0, 0.05) is 16.3 Å². The third kappa shape index (κ3) is 4.58. The summed E-state index contributed by atoms with van der Waals surface area (Å²) in [4.78, 5) is 27.1. The van der Waals surface area contributed by atoms with Crippen molar-refractivity contribution in [3.05, 3.63) is 101 Å². The molecule has 4 heteroatoms. The molecule has 0 unspecified atom stereocenters. The Morgan fingerprint density at radius 3 is 1.96 bits per heavy atom. The van der Waals surface area contributed by atoms with Crippen molar-refractivity contribution < 1.29 is 9.59 Å². The molecule has 3 rings (SSSR count). The van der Waals surface area contributed by atoms with Gasteiger partial charge in [0.05, 0.1) is 13.0 Å². The zero-order valence-corrected chi connectivity index (χ0v) is 14.9. The first-order valence-electron chi connectivity index (χ1n) is 8.31. The smallest absolute Gasteiger partial charge is 0.231 e. The van der Waals surface area contributed by atoms with Crippen LogP contribution in [0.4, 0.5) is 5.69 Å². The molecule has 26 heavy (non-hydrogen) atoms. The second kappa shape index (κ2) is 8.45. The van der Waals surface area contributed by atoms with Gasteiger partial charge in [-0.2, -0.15) is 0 Å². The fraction of sp³-hybridized carbons (Fsp3) is 0.0909. The maximum Gasteiger partial charge on any atom is 0.231 e. The van der Waals surface area contributed by atoms with Crippen LogP contribution >= 0.6 is 11.6 Å². The van der Waals surface area contributed by atoms with Gasteiger partial charge in [-0.25, -0.2) is 0 Å². The lowest BCUT2D eigenvalue weighted by atomic mass is 10.1. The summed E-state index contributed by atoms with van der Waals surface area (Å²) in [7, 11) is 0. The Morgan fingerprint density at radius 2 is 1.35 bits per heavy atom. The predicted octanol–water partition coefficient (Wildman–Crippen LogP) is 4.80. The van der Waals surface area contributed by atoms with Gasteiger partial charge in [-0.05, 0) is 29.8 Å². The molecule has 0 saturated carbocycles. The van der Waals surface area contributed by atoms with Crippen LogP contribution in [-0.2, 0) is 11.2 Å². The number of hydrogen-bond acceptors (Lipinski definition) is 2. The highest BCUT2D eigenvalue weighted by molar-refractivity contribution is 6.30. The summed E-state index contributed by atoms with van der Waals surface area (Å²) in [5.41, 5.74) is 2.14. The molecule has 0 saturated heterocycles. The van der Waals surface area contributed by atoms with Crippen molar-refractivity contribution >= 4 is 29.0 Å². The van der Waals surface area contributed by atoms with Crippen molar-refractivity contribution in [2.24, 2.45) is 0 Å². The monoisotopic (exact) mass is 363 g/mol. The van der Waals surface area contributed by atoms with E-state index in [0.29, 0.717) is 16.3 Å². The van der Waals surface area contributed by atoms with Gasteiger partial charge in [0.25, 0.3) is 0 Å². The number of carbonyl (C=O) groups excluding carboxylic acids is 2. The van der Waals surface area contributed by atoms with E-state index in [1.165, 1.54) is 4.90 Å². The van der Waals surface area contributed by atoms with Gasteiger partial charge >= 0.3 is 0 Å². The molecular weight excluding hydrogens is 346 g/mol. The number of hydrogen-bond donors (Lipinski definition) is 0. The summed E-state index contributed by atoms with van der Waals surface area (Å²) in [6.45, 7) is -0.0166. The van der Waals surface area contributed by atoms with Gasteiger partial charge in [0.2, 0.25) is 5.91 Å². The van der Waals surface area contributed by atoms with Gasteiger partial charge in [-0.3, -0.25) is 9.59 Å². The number of amides is 1. The van der Waals surface area contributed by atoms with Crippen LogP contribution in [-0.4, -0.2) is 18.2 Å². The van der Waals surface area contributed by atoms with Crippen molar-refractivity contribution in [2.45, 2.75) is 6.42 Å². The van der Waals surface area contributed by atoms with Gasteiger partial charge < -0.3 is 4.90 Å². The van der Waals surface area contributed by atoms with Gasteiger partial charge in [0.15, 0.2) is 5.78 Å². The van der Waals surface area contributed by atoms with E-state index in [-0.39, 0.29) is 24.7 Å². The minimum atomic E-state index is -0.136. The maximum atomic E-state index is 12.9. The van der Waals surface area contributed by atoms with E-state index in [1.54, 1.807) is 36.4 Å². The van der Waals surface area contributed by atoms with Gasteiger partial charge in [-0.1, -0.05) is 72.3 Å². The molecule has 0 aliphatic rings. The van der Waals surface area contributed by atoms with Gasteiger partial charge in [0.1, 0.15) is 0 Å².